The van der Waals surface area contributed by atoms with Crippen LogP contribution < -0.4 is 15.4 Å². The van der Waals surface area contributed by atoms with Gasteiger partial charge < -0.3 is 20.3 Å². The van der Waals surface area contributed by atoms with Crippen LogP contribution in [0.4, 0.5) is 0 Å². The highest BCUT2D eigenvalue weighted by Gasteiger charge is 2.25. The lowest BCUT2D eigenvalue weighted by Gasteiger charge is -2.33. The molecule has 1 aromatic rings. The minimum atomic E-state index is 0. The highest BCUT2D eigenvalue weighted by molar-refractivity contribution is 14.0. The van der Waals surface area contributed by atoms with Gasteiger partial charge in [-0.05, 0) is 24.8 Å². The van der Waals surface area contributed by atoms with E-state index in [9.17, 15) is 4.79 Å². The van der Waals surface area contributed by atoms with Gasteiger partial charge in [-0.2, -0.15) is 0 Å². The van der Waals surface area contributed by atoms with Crippen molar-refractivity contribution in [1.29, 1.82) is 0 Å². The van der Waals surface area contributed by atoms with Gasteiger partial charge in [0.05, 0.1) is 12.6 Å². The summed E-state index contributed by atoms with van der Waals surface area (Å²) < 4.78 is 5.78. The summed E-state index contributed by atoms with van der Waals surface area (Å²) in [7, 11) is 3.53. The molecule has 0 bridgehead atoms. The first-order chi connectivity index (χ1) is 13.6. The normalized spacial score (nSPS) is 23.8. The van der Waals surface area contributed by atoms with Crippen LogP contribution in [-0.4, -0.2) is 50.1 Å². The average Bonchev–Trinajstić information content (AvgIpc) is 2.72. The van der Waals surface area contributed by atoms with Gasteiger partial charge in [-0.25, -0.2) is 4.99 Å². The van der Waals surface area contributed by atoms with Crippen molar-refractivity contribution in [1.82, 2.24) is 15.5 Å². The summed E-state index contributed by atoms with van der Waals surface area (Å²) >= 11 is 0. The first-order valence-electron chi connectivity index (χ1n) is 10.6. The Labute approximate surface area is 191 Å². The van der Waals surface area contributed by atoms with Crippen LogP contribution in [0, 0.1) is 5.92 Å². The number of ether oxygens (including phenoxy) is 1. The van der Waals surface area contributed by atoms with Crippen LogP contribution in [0.3, 0.4) is 0 Å². The smallest absolute Gasteiger partial charge is 0.243 e. The second-order valence-electron chi connectivity index (χ2n) is 8.11. The molecular weight excluding hydrogens is 479 g/mol. The highest BCUT2D eigenvalue weighted by Crippen LogP contribution is 2.31. The fourth-order valence-corrected chi connectivity index (χ4v) is 4.06. The molecule has 1 heterocycles. The summed E-state index contributed by atoms with van der Waals surface area (Å²) in [5.41, 5.74) is 1.15. The molecule has 2 aliphatic rings. The summed E-state index contributed by atoms with van der Waals surface area (Å²) in [6, 6.07) is 8.69. The van der Waals surface area contributed by atoms with Crippen molar-refractivity contribution < 1.29 is 9.53 Å². The number of guanidine groups is 1. The Bertz CT molecular complexity index is 695. The lowest BCUT2D eigenvalue weighted by atomic mass is 9.84. The Morgan fingerprint density at radius 2 is 2.00 bits per heavy atom. The van der Waals surface area contributed by atoms with Crippen LogP contribution in [-0.2, 0) is 4.79 Å². The van der Waals surface area contributed by atoms with Crippen molar-refractivity contribution >= 4 is 35.8 Å². The predicted molar refractivity (Wildman–Crippen MR) is 128 cm³/mol. The average molecular weight is 514 g/mol. The molecule has 0 saturated heterocycles. The van der Waals surface area contributed by atoms with Crippen LogP contribution in [0.15, 0.2) is 29.3 Å². The highest BCUT2D eigenvalue weighted by atomic mass is 127. The molecule has 0 aromatic heterocycles. The number of benzene rings is 1. The Hall–Kier alpha value is -1.51. The maximum atomic E-state index is 12.1. The Balaban J connectivity index is 0.00000300. The van der Waals surface area contributed by atoms with Crippen molar-refractivity contribution in [3.05, 3.63) is 29.8 Å². The zero-order chi connectivity index (χ0) is 19.9. The number of rotatable bonds is 5. The van der Waals surface area contributed by atoms with E-state index in [4.69, 9.17) is 4.74 Å². The molecule has 7 heteroatoms. The van der Waals surface area contributed by atoms with Gasteiger partial charge in [0.2, 0.25) is 5.91 Å². The molecule has 6 nitrogen and oxygen atoms in total. The molecule has 1 fully saturated rings. The van der Waals surface area contributed by atoms with Crippen LogP contribution in [0.25, 0.3) is 0 Å². The quantitative estimate of drug-likeness (QED) is 0.357. The molecule has 3 atom stereocenters. The van der Waals surface area contributed by atoms with Crippen LogP contribution in [0.2, 0.25) is 0 Å². The number of likely N-dealkylation sites (N-methyl/N-ethyl adjacent to an activating group) is 1. The molecule has 0 spiro atoms. The van der Waals surface area contributed by atoms with Crippen molar-refractivity contribution in [2.45, 2.75) is 57.5 Å². The SMILES string of the molecule is CCC1CCCC(NC(=NCC(=O)N(C)C)NC2CCOc3ccccc32)C1.I. The van der Waals surface area contributed by atoms with Gasteiger partial charge >= 0.3 is 0 Å². The molecule has 1 amide bonds. The lowest BCUT2D eigenvalue weighted by molar-refractivity contribution is -0.127. The zero-order valence-electron chi connectivity index (χ0n) is 17.8. The largest absolute Gasteiger partial charge is 0.493 e. The third-order valence-corrected chi connectivity index (χ3v) is 5.84. The number of nitrogens with zero attached hydrogens (tertiary/aromatic N) is 2. The Kier molecular flexibility index (Phi) is 9.52. The van der Waals surface area contributed by atoms with E-state index in [-0.39, 0.29) is 42.5 Å². The second-order valence-corrected chi connectivity index (χ2v) is 8.11. The summed E-state index contributed by atoms with van der Waals surface area (Å²) in [6.45, 7) is 3.10. The van der Waals surface area contributed by atoms with Crippen LogP contribution >= 0.6 is 24.0 Å². The van der Waals surface area contributed by atoms with E-state index in [1.54, 1.807) is 19.0 Å². The van der Waals surface area contributed by atoms with Gasteiger partial charge in [0.25, 0.3) is 0 Å². The molecule has 1 saturated carbocycles. The number of nitrogens with one attached hydrogen (secondary N) is 2. The van der Waals surface area contributed by atoms with Crippen molar-refractivity contribution in [2.24, 2.45) is 10.9 Å². The van der Waals surface area contributed by atoms with Crippen molar-refractivity contribution in [3.8, 4) is 5.75 Å². The van der Waals surface area contributed by atoms with E-state index in [0.29, 0.717) is 12.6 Å². The molecule has 162 valence electrons. The van der Waals surface area contributed by atoms with Gasteiger partial charge in [0.15, 0.2) is 5.96 Å². The fraction of sp³-hybridized carbons (Fsp3) is 0.636. The lowest BCUT2D eigenvalue weighted by Crippen LogP contribution is -2.47. The van der Waals surface area contributed by atoms with Gasteiger partial charge in [-0.15, -0.1) is 24.0 Å². The van der Waals surface area contributed by atoms with E-state index in [1.165, 1.54) is 25.7 Å². The second kappa shape index (κ2) is 11.6. The molecule has 0 radical (unpaired) electrons. The number of hydrogen-bond donors (Lipinski definition) is 2. The Morgan fingerprint density at radius 1 is 1.21 bits per heavy atom. The van der Waals surface area contributed by atoms with Gasteiger partial charge in [-0.3, -0.25) is 4.79 Å². The summed E-state index contributed by atoms with van der Waals surface area (Å²) in [4.78, 5) is 18.3. The van der Waals surface area contributed by atoms with E-state index in [2.05, 4.69) is 28.6 Å². The molecule has 3 unspecified atom stereocenters. The molecule has 3 rings (SSSR count). The third kappa shape index (κ3) is 6.76. The molecule has 2 N–H and O–H groups in total. The van der Waals surface area contributed by atoms with E-state index in [1.807, 2.05) is 18.2 Å². The topological polar surface area (TPSA) is 66.0 Å². The van der Waals surface area contributed by atoms with Crippen LogP contribution in [0.1, 0.15) is 57.1 Å². The minimum absolute atomic E-state index is 0. The summed E-state index contributed by atoms with van der Waals surface area (Å²) in [5.74, 6) is 2.45. The van der Waals surface area contributed by atoms with Gasteiger partial charge in [0.1, 0.15) is 12.3 Å². The maximum Gasteiger partial charge on any atom is 0.243 e. The molecule has 1 aliphatic carbocycles. The van der Waals surface area contributed by atoms with E-state index in [0.717, 1.165) is 36.0 Å². The molecule has 1 aromatic carbocycles. The first-order valence-corrected chi connectivity index (χ1v) is 10.6. The maximum absolute atomic E-state index is 12.1. The first kappa shape index (κ1) is 23.8. The van der Waals surface area contributed by atoms with Crippen LogP contribution in [0.5, 0.6) is 5.75 Å². The predicted octanol–water partition coefficient (Wildman–Crippen LogP) is 3.72. The number of amides is 1. The van der Waals surface area contributed by atoms with E-state index < -0.39 is 0 Å². The number of fused-ring (bicyclic) bond motifs is 1. The third-order valence-electron chi connectivity index (χ3n) is 5.84. The summed E-state index contributed by atoms with van der Waals surface area (Å²) in [5, 5.41) is 7.19. The minimum Gasteiger partial charge on any atom is -0.493 e. The standard InChI is InChI=1S/C22H34N4O2.HI/c1-4-16-8-7-9-17(14-16)24-22(23-15-21(27)26(2)3)25-19-12-13-28-20-11-6-5-10-18(19)20;/h5-6,10-11,16-17,19H,4,7-9,12-15H2,1-3H3,(H2,23,24,25);1H. The monoisotopic (exact) mass is 514 g/mol. The number of halogens is 1. The number of carbonyl (C=O) groups is 1. The number of para-hydroxylation sites is 1. The molecular formula is C22H35IN4O2. The number of aliphatic imine (C=N–C) groups is 1. The van der Waals surface area contributed by atoms with Crippen molar-refractivity contribution in [3.63, 3.8) is 0 Å². The number of carbonyl (C=O) groups excluding carboxylic acids is 1. The fourth-order valence-electron chi connectivity index (χ4n) is 4.06. The molecule has 1 aliphatic heterocycles. The number of hydrogen-bond acceptors (Lipinski definition) is 3. The van der Waals surface area contributed by atoms with E-state index >= 15 is 0 Å². The zero-order valence-corrected chi connectivity index (χ0v) is 20.1. The van der Waals surface area contributed by atoms with Gasteiger partial charge in [-0.1, -0.05) is 44.4 Å². The molecule has 29 heavy (non-hydrogen) atoms. The van der Waals surface area contributed by atoms with Crippen molar-refractivity contribution in [2.75, 3.05) is 27.2 Å². The van der Waals surface area contributed by atoms with Gasteiger partial charge in [0, 0.05) is 32.1 Å². The Morgan fingerprint density at radius 3 is 2.76 bits per heavy atom. The summed E-state index contributed by atoms with van der Waals surface area (Å²) in [6.07, 6.45) is 7.00.